The molecule has 7 nitrogen and oxygen atoms in total. The molecule has 0 bridgehead atoms. The number of carbonyl (C=O) groups excluding carboxylic acids is 2. The minimum atomic E-state index is -0.838. The van der Waals surface area contributed by atoms with E-state index >= 15 is 0 Å². The van der Waals surface area contributed by atoms with E-state index in [4.69, 9.17) is 0 Å². The van der Waals surface area contributed by atoms with Crippen molar-refractivity contribution in [1.29, 1.82) is 0 Å². The lowest BCUT2D eigenvalue weighted by molar-refractivity contribution is -0.384. The van der Waals surface area contributed by atoms with Crippen molar-refractivity contribution in [1.82, 2.24) is 10.2 Å². The molecule has 0 aliphatic carbocycles. The molecule has 2 amide bonds. The first-order valence-corrected chi connectivity index (χ1v) is 7.34. The molecule has 1 saturated heterocycles. The zero-order valence-corrected chi connectivity index (χ0v) is 12.9. The lowest BCUT2D eigenvalue weighted by Crippen LogP contribution is -2.57. The summed E-state index contributed by atoms with van der Waals surface area (Å²) in [7, 11) is 0. The number of nitro groups is 1. The highest BCUT2D eigenvalue weighted by atomic mass is 19.1. The molecule has 23 heavy (non-hydrogen) atoms. The van der Waals surface area contributed by atoms with Crippen molar-refractivity contribution in [3.63, 3.8) is 0 Å². The Labute approximate surface area is 132 Å². The Bertz CT molecular complexity index is 648. The normalized spacial score (nSPS) is 18.0. The Morgan fingerprint density at radius 2 is 2.22 bits per heavy atom. The molecule has 0 unspecified atom stereocenters. The molecule has 124 valence electrons. The molecule has 1 aromatic rings. The minimum absolute atomic E-state index is 0.161. The summed E-state index contributed by atoms with van der Waals surface area (Å²) >= 11 is 0. The van der Waals surface area contributed by atoms with Crippen LogP contribution in [-0.2, 0) is 4.79 Å². The van der Waals surface area contributed by atoms with Gasteiger partial charge < -0.3 is 10.2 Å². The van der Waals surface area contributed by atoms with Crippen LogP contribution < -0.4 is 5.32 Å². The summed E-state index contributed by atoms with van der Waals surface area (Å²) < 4.78 is 14.0. The number of piperazine rings is 1. The van der Waals surface area contributed by atoms with Gasteiger partial charge in [0.1, 0.15) is 11.9 Å². The molecule has 1 fully saturated rings. The maximum Gasteiger partial charge on any atom is 0.270 e. The molecule has 1 aliphatic rings. The number of rotatable bonds is 4. The number of hydrogen-bond acceptors (Lipinski definition) is 4. The highest BCUT2D eigenvalue weighted by Crippen LogP contribution is 2.22. The third kappa shape index (κ3) is 3.64. The predicted octanol–water partition coefficient (Wildman–Crippen LogP) is 1.72. The maximum atomic E-state index is 14.0. The van der Waals surface area contributed by atoms with Gasteiger partial charge in [-0.3, -0.25) is 19.7 Å². The lowest BCUT2D eigenvalue weighted by Gasteiger charge is -2.36. The van der Waals surface area contributed by atoms with Crippen LogP contribution in [0.3, 0.4) is 0 Å². The Balaban J connectivity index is 2.35. The van der Waals surface area contributed by atoms with Gasteiger partial charge in [0.25, 0.3) is 11.6 Å². The smallest absolute Gasteiger partial charge is 0.270 e. The average molecular weight is 323 g/mol. The van der Waals surface area contributed by atoms with Crippen LogP contribution in [0.1, 0.15) is 30.6 Å². The second kappa shape index (κ2) is 6.72. The van der Waals surface area contributed by atoms with Crippen LogP contribution in [0.15, 0.2) is 18.2 Å². The fraction of sp³-hybridized carbons (Fsp3) is 0.467. The highest BCUT2D eigenvalue weighted by molar-refractivity contribution is 5.98. The third-order valence-corrected chi connectivity index (χ3v) is 3.68. The van der Waals surface area contributed by atoms with Gasteiger partial charge in [0.2, 0.25) is 5.91 Å². The Kier molecular flexibility index (Phi) is 4.92. The molecule has 0 saturated carbocycles. The van der Waals surface area contributed by atoms with Gasteiger partial charge in [0, 0.05) is 25.2 Å². The molecule has 1 N–H and O–H groups in total. The summed E-state index contributed by atoms with van der Waals surface area (Å²) in [5.41, 5.74) is -0.751. The molecule has 8 heteroatoms. The van der Waals surface area contributed by atoms with E-state index in [1.165, 1.54) is 4.90 Å². The summed E-state index contributed by atoms with van der Waals surface area (Å²) in [5.74, 6) is -1.67. The van der Waals surface area contributed by atoms with Gasteiger partial charge in [0.15, 0.2) is 0 Å². The van der Waals surface area contributed by atoms with Crippen molar-refractivity contribution in [3.8, 4) is 0 Å². The third-order valence-electron chi connectivity index (χ3n) is 3.68. The Hall–Kier alpha value is -2.51. The SMILES string of the molecule is CC(C)C[C@@H]1C(=O)NCCN1C(=O)c1cc([N+](=O)[O-])ccc1F. The van der Waals surface area contributed by atoms with Crippen molar-refractivity contribution in [2.45, 2.75) is 26.3 Å². The van der Waals surface area contributed by atoms with Crippen LogP contribution in [0.4, 0.5) is 10.1 Å². The average Bonchev–Trinajstić information content (AvgIpc) is 2.48. The molecule has 1 heterocycles. The van der Waals surface area contributed by atoms with E-state index in [0.29, 0.717) is 6.42 Å². The summed E-state index contributed by atoms with van der Waals surface area (Å²) in [6, 6.07) is 2.11. The quantitative estimate of drug-likeness (QED) is 0.674. The van der Waals surface area contributed by atoms with Crippen LogP contribution >= 0.6 is 0 Å². The van der Waals surface area contributed by atoms with Crippen molar-refractivity contribution in [2.75, 3.05) is 13.1 Å². The Morgan fingerprint density at radius 1 is 1.52 bits per heavy atom. The van der Waals surface area contributed by atoms with E-state index in [0.717, 1.165) is 18.2 Å². The summed E-state index contributed by atoms with van der Waals surface area (Å²) in [6.07, 6.45) is 0.439. The molecule has 0 aromatic heterocycles. The standard InChI is InChI=1S/C15H18FN3O4/c1-9(2)7-13-14(20)17-5-6-18(13)15(21)11-8-10(19(22)23)3-4-12(11)16/h3-4,8-9,13H,5-7H2,1-2H3,(H,17,20)/t13-/m1/s1. The van der Waals surface area contributed by atoms with Crippen LogP contribution in [0, 0.1) is 21.8 Å². The predicted molar refractivity (Wildman–Crippen MR) is 80.3 cm³/mol. The fourth-order valence-corrected chi connectivity index (χ4v) is 2.58. The number of carbonyl (C=O) groups is 2. The number of halogens is 1. The van der Waals surface area contributed by atoms with E-state index in [-0.39, 0.29) is 36.2 Å². The van der Waals surface area contributed by atoms with Gasteiger partial charge in [-0.25, -0.2) is 4.39 Å². The van der Waals surface area contributed by atoms with Gasteiger partial charge in [0.05, 0.1) is 10.5 Å². The first kappa shape index (κ1) is 16.9. The number of hydrogen-bond donors (Lipinski definition) is 1. The topological polar surface area (TPSA) is 92.6 Å². The number of non-ortho nitro benzene ring substituents is 1. The second-order valence-electron chi connectivity index (χ2n) is 5.86. The summed E-state index contributed by atoms with van der Waals surface area (Å²) in [6.45, 7) is 4.34. The van der Waals surface area contributed by atoms with Gasteiger partial charge in [-0.1, -0.05) is 13.8 Å². The van der Waals surface area contributed by atoms with Crippen molar-refractivity contribution >= 4 is 17.5 Å². The maximum absolute atomic E-state index is 14.0. The van der Waals surface area contributed by atoms with Crippen LogP contribution in [0.25, 0.3) is 0 Å². The molecular formula is C15H18FN3O4. The molecule has 0 spiro atoms. The summed E-state index contributed by atoms with van der Waals surface area (Å²) in [5, 5.41) is 13.5. The highest BCUT2D eigenvalue weighted by Gasteiger charge is 2.35. The minimum Gasteiger partial charge on any atom is -0.353 e. The van der Waals surface area contributed by atoms with Crippen molar-refractivity contribution in [3.05, 3.63) is 39.7 Å². The molecule has 0 radical (unpaired) electrons. The van der Waals surface area contributed by atoms with E-state index in [1.807, 2.05) is 13.8 Å². The van der Waals surface area contributed by atoms with E-state index in [9.17, 15) is 24.1 Å². The number of nitrogens with one attached hydrogen (secondary N) is 1. The van der Waals surface area contributed by atoms with Gasteiger partial charge in [-0.05, 0) is 18.4 Å². The number of nitro benzene ring substituents is 1. The monoisotopic (exact) mass is 323 g/mol. The zero-order valence-electron chi connectivity index (χ0n) is 12.9. The molecule has 1 aromatic carbocycles. The molecule has 2 rings (SSSR count). The molecular weight excluding hydrogens is 305 g/mol. The number of nitrogens with zero attached hydrogens (tertiary/aromatic N) is 2. The fourth-order valence-electron chi connectivity index (χ4n) is 2.58. The number of benzene rings is 1. The van der Waals surface area contributed by atoms with Crippen LogP contribution in [0.5, 0.6) is 0 Å². The van der Waals surface area contributed by atoms with E-state index < -0.39 is 22.7 Å². The van der Waals surface area contributed by atoms with Gasteiger partial charge >= 0.3 is 0 Å². The number of amides is 2. The van der Waals surface area contributed by atoms with Crippen LogP contribution in [-0.4, -0.2) is 40.8 Å². The van der Waals surface area contributed by atoms with Crippen molar-refractivity contribution < 1.29 is 18.9 Å². The van der Waals surface area contributed by atoms with E-state index in [2.05, 4.69) is 5.32 Å². The van der Waals surface area contributed by atoms with Gasteiger partial charge in [-0.2, -0.15) is 0 Å². The largest absolute Gasteiger partial charge is 0.353 e. The Morgan fingerprint density at radius 3 is 2.83 bits per heavy atom. The van der Waals surface area contributed by atoms with Crippen molar-refractivity contribution in [2.24, 2.45) is 5.92 Å². The van der Waals surface area contributed by atoms with E-state index in [1.54, 1.807) is 0 Å². The molecule has 1 atom stereocenters. The molecule has 1 aliphatic heterocycles. The lowest BCUT2D eigenvalue weighted by atomic mass is 9.99. The first-order chi connectivity index (χ1) is 10.8. The van der Waals surface area contributed by atoms with Gasteiger partial charge in [-0.15, -0.1) is 0 Å². The van der Waals surface area contributed by atoms with Crippen LogP contribution in [0.2, 0.25) is 0 Å². The second-order valence-corrected chi connectivity index (χ2v) is 5.86. The first-order valence-electron chi connectivity index (χ1n) is 7.34. The zero-order chi connectivity index (χ0) is 17.1. The summed E-state index contributed by atoms with van der Waals surface area (Å²) in [4.78, 5) is 36.1.